The highest BCUT2D eigenvalue weighted by molar-refractivity contribution is 5.23. The first-order valence-corrected chi connectivity index (χ1v) is 4.56. The first-order valence-electron chi connectivity index (χ1n) is 4.56. The molecule has 0 aliphatic heterocycles. The maximum Gasteiger partial charge on any atom is 0.254 e. The fraction of sp³-hybridized carbons (Fsp3) is 0.556. The molecule has 1 aliphatic rings. The molecule has 1 atom stereocenters. The lowest BCUT2D eigenvalue weighted by Gasteiger charge is -2.05. The van der Waals surface area contributed by atoms with Gasteiger partial charge in [0, 0.05) is 5.56 Å². The monoisotopic (exact) mass is 179 g/mol. The number of aromatic amines is 1. The summed E-state index contributed by atoms with van der Waals surface area (Å²) in [5.41, 5.74) is 7.43. The molecular formula is C9H13N3O. The molecule has 3 N–H and O–H groups in total. The van der Waals surface area contributed by atoms with E-state index in [0.717, 1.165) is 30.5 Å². The Labute approximate surface area is 76.2 Å². The molecule has 1 aliphatic carbocycles. The van der Waals surface area contributed by atoms with Crippen molar-refractivity contribution < 1.29 is 0 Å². The van der Waals surface area contributed by atoms with Crippen molar-refractivity contribution in [1.82, 2.24) is 9.97 Å². The van der Waals surface area contributed by atoms with Gasteiger partial charge < -0.3 is 10.7 Å². The van der Waals surface area contributed by atoms with Crippen LogP contribution in [-0.4, -0.2) is 9.97 Å². The molecule has 1 aromatic rings. The largest absolute Gasteiger partial charge is 0.322 e. The topological polar surface area (TPSA) is 71.8 Å². The van der Waals surface area contributed by atoms with Crippen LogP contribution in [0.2, 0.25) is 0 Å². The second-order valence-electron chi connectivity index (χ2n) is 3.52. The molecule has 70 valence electrons. The van der Waals surface area contributed by atoms with Gasteiger partial charge in [-0.3, -0.25) is 4.79 Å². The number of rotatable bonds is 1. The molecule has 0 saturated heterocycles. The van der Waals surface area contributed by atoms with Crippen LogP contribution in [0.4, 0.5) is 0 Å². The van der Waals surface area contributed by atoms with Crippen molar-refractivity contribution in [2.45, 2.75) is 32.2 Å². The van der Waals surface area contributed by atoms with Gasteiger partial charge in [-0.25, -0.2) is 4.98 Å². The minimum atomic E-state index is -0.196. The van der Waals surface area contributed by atoms with E-state index >= 15 is 0 Å². The molecule has 4 nitrogen and oxygen atoms in total. The molecule has 1 unspecified atom stereocenters. The number of aromatic nitrogens is 2. The van der Waals surface area contributed by atoms with Crippen molar-refractivity contribution in [1.29, 1.82) is 0 Å². The SMILES string of the molecule is CC(N)c1nc2c(c(=O)[nH]1)CCC2. The number of hydrogen-bond donors (Lipinski definition) is 2. The minimum absolute atomic E-state index is 0.00481. The molecule has 1 aromatic heterocycles. The van der Waals surface area contributed by atoms with E-state index in [9.17, 15) is 4.79 Å². The first kappa shape index (κ1) is 8.44. The van der Waals surface area contributed by atoms with E-state index in [1.54, 1.807) is 0 Å². The Hall–Kier alpha value is -1.16. The number of nitrogens with zero attached hydrogens (tertiary/aromatic N) is 1. The molecule has 0 aromatic carbocycles. The van der Waals surface area contributed by atoms with Crippen molar-refractivity contribution in [2.75, 3.05) is 0 Å². The molecule has 0 radical (unpaired) electrons. The smallest absolute Gasteiger partial charge is 0.254 e. The van der Waals surface area contributed by atoms with Crippen LogP contribution in [0.1, 0.15) is 36.5 Å². The highest BCUT2D eigenvalue weighted by Crippen LogP contribution is 2.16. The lowest BCUT2D eigenvalue weighted by atomic mass is 10.2. The van der Waals surface area contributed by atoms with Crippen molar-refractivity contribution in [3.8, 4) is 0 Å². The summed E-state index contributed by atoms with van der Waals surface area (Å²) in [5.74, 6) is 0.602. The average Bonchev–Trinajstić information content (AvgIpc) is 2.51. The maximum absolute atomic E-state index is 11.5. The number of fused-ring (bicyclic) bond motifs is 1. The quantitative estimate of drug-likeness (QED) is 0.650. The predicted octanol–water partition coefficient (Wildman–Crippen LogP) is 0.278. The summed E-state index contributed by atoms with van der Waals surface area (Å²) in [6.07, 6.45) is 2.81. The van der Waals surface area contributed by atoms with Crippen LogP contribution in [0, 0.1) is 0 Å². The summed E-state index contributed by atoms with van der Waals surface area (Å²) >= 11 is 0. The Morgan fingerprint density at radius 2 is 2.31 bits per heavy atom. The van der Waals surface area contributed by atoms with Gasteiger partial charge in [-0.2, -0.15) is 0 Å². The Kier molecular flexibility index (Phi) is 1.92. The fourth-order valence-corrected chi connectivity index (χ4v) is 1.68. The molecule has 0 saturated carbocycles. The van der Waals surface area contributed by atoms with Gasteiger partial charge in [0.15, 0.2) is 0 Å². The average molecular weight is 179 g/mol. The second kappa shape index (κ2) is 2.96. The van der Waals surface area contributed by atoms with E-state index in [-0.39, 0.29) is 11.6 Å². The number of nitrogens with one attached hydrogen (secondary N) is 1. The molecule has 1 heterocycles. The third kappa shape index (κ3) is 1.37. The van der Waals surface area contributed by atoms with Crippen molar-refractivity contribution in [3.63, 3.8) is 0 Å². The molecule has 4 heteroatoms. The number of H-pyrrole nitrogens is 1. The number of hydrogen-bond acceptors (Lipinski definition) is 3. The van der Waals surface area contributed by atoms with E-state index in [2.05, 4.69) is 9.97 Å². The van der Waals surface area contributed by atoms with E-state index in [1.807, 2.05) is 6.92 Å². The fourth-order valence-electron chi connectivity index (χ4n) is 1.68. The van der Waals surface area contributed by atoms with Crippen LogP contribution in [0.3, 0.4) is 0 Å². The van der Waals surface area contributed by atoms with Crippen LogP contribution >= 0.6 is 0 Å². The third-order valence-electron chi connectivity index (χ3n) is 2.39. The van der Waals surface area contributed by atoms with Gasteiger partial charge in [0.2, 0.25) is 0 Å². The lowest BCUT2D eigenvalue weighted by molar-refractivity contribution is 0.721. The van der Waals surface area contributed by atoms with Crippen LogP contribution < -0.4 is 11.3 Å². The van der Waals surface area contributed by atoms with Gasteiger partial charge in [0.1, 0.15) is 5.82 Å². The summed E-state index contributed by atoms with van der Waals surface area (Å²) in [5, 5.41) is 0. The zero-order chi connectivity index (χ0) is 9.42. The summed E-state index contributed by atoms with van der Waals surface area (Å²) < 4.78 is 0. The summed E-state index contributed by atoms with van der Waals surface area (Å²) in [7, 11) is 0. The molecule has 0 bridgehead atoms. The highest BCUT2D eigenvalue weighted by atomic mass is 16.1. The van der Waals surface area contributed by atoms with Crippen LogP contribution in [0.25, 0.3) is 0 Å². The van der Waals surface area contributed by atoms with Crippen LogP contribution in [0.15, 0.2) is 4.79 Å². The summed E-state index contributed by atoms with van der Waals surface area (Å²) in [4.78, 5) is 18.5. The normalized spacial score (nSPS) is 17.1. The first-order chi connectivity index (χ1) is 6.18. The van der Waals surface area contributed by atoms with Crippen molar-refractivity contribution in [3.05, 3.63) is 27.4 Å². The Bertz CT molecular complexity index is 381. The Morgan fingerprint density at radius 3 is 3.00 bits per heavy atom. The molecule has 13 heavy (non-hydrogen) atoms. The predicted molar refractivity (Wildman–Crippen MR) is 49.5 cm³/mol. The molecule has 2 rings (SSSR count). The Balaban J connectivity index is 2.56. The van der Waals surface area contributed by atoms with Crippen molar-refractivity contribution >= 4 is 0 Å². The summed E-state index contributed by atoms with van der Waals surface area (Å²) in [6, 6.07) is -0.196. The van der Waals surface area contributed by atoms with Gasteiger partial charge in [0.05, 0.1) is 11.7 Å². The van der Waals surface area contributed by atoms with Gasteiger partial charge >= 0.3 is 0 Å². The third-order valence-corrected chi connectivity index (χ3v) is 2.39. The second-order valence-corrected chi connectivity index (χ2v) is 3.52. The van der Waals surface area contributed by atoms with Crippen LogP contribution in [-0.2, 0) is 12.8 Å². The standard InChI is InChI=1S/C9H13N3O/c1-5(10)8-11-7-4-2-3-6(7)9(13)12-8/h5H,2-4,10H2,1H3,(H,11,12,13). The van der Waals surface area contributed by atoms with E-state index in [4.69, 9.17) is 5.73 Å². The Morgan fingerprint density at radius 1 is 1.54 bits per heavy atom. The van der Waals surface area contributed by atoms with Crippen molar-refractivity contribution in [2.24, 2.45) is 5.73 Å². The van der Waals surface area contributed by atoms with E-state index in [1.165, 1.54) is 0 Å². The van der Waals surface area contributed by atoms with Gasteiger partial charge in [-0.1, -0.05) is 0 Å². The van der Waals surface area contributed by atoms with Crippen LogP contribution in [0.5, 0.6) is 0 Å². The van der Waals surface area contributed by atoms with Gasteiger partial charge in [0.25, 0.3) is 5.56 Å². The molecule has 0 fully saturated rings. The van der Waals surface area contributed by atoms with E-state index < -0.39 is 0 Å². The lowest BCUT2D eigenvalue weighted by Crippen LogP contribution is -2.21. The molecule has 0 spiro atoms. The minimum Gasteiger partial charge on any atom is -0.322 e. The zero-order valence-electron chi connectivity index (χ0n) is 7.63. The van der Waals surface area contributed by atoms with Gasteiger partial charge in [-0.15, -0.1) is 0 Å². The highest BCUT2D eigenvalue weighted by Gasteiger charge is 2.17. The zero-order valence-corrected chi connectivity index (χ0v) is 7.63. The number of nitrogens with two attached hydrogens (primary N) is 1. The van der Waals surface area contributed by atoms with E-state index in [0.29, 0.717) is 5.82 Å². The van der Waals surface area contributed by atoms with Gasteiger partial charge in [-0.05, 0) is 26.2 Å². The summed E-state index contributed by atoms with van der Waals surface area (Å²) in [6.45, 7) is 1.82. The maximum atomic E-state index is 11.5. The molecule has 0 amide bonds. The number of aryl methyl sites for hydroxylation is 1. The molecular weight excluding hydrogens is 166 g/mol.